The highest BCUT2D eigenvalue weighted by Gasteiger charge is 2.20. The maximum absolute atomic E-state index is 11.0. The highest BCUT2D eigenvalue weighted by Crippen LogP contribution is 2.37. The van der Waals surface area contributed by atoms with Crippen molar-refractivity contribution in [1.82, 2.24) is 4.98 Å². The molecule has 0 N–H and O–H groups in total. The first-order chi connectivity index (χ1) is 11.6. The van der Waals surface area contributed by atoms with Crippen molar-refractivity contribution in [3.05, 3.63) is 52.5 Å². The molecule has 7 heteroatoms. The van der Waals surface area contributed by atoms with Crippen LogP contribution in [-0.2, 0) is 11.2 Å². The van der Waals surface area contributed by atoms with E-state index >= 15 is 0 Å². The topological polar surface area (TPSA) is 79.3 Å². The Kier molecular flexibility index (Phi) is 3.63. The van der Waals surface area contributed by atoms with Gasteiger partial charge in [0, 0.05) is 17.8 Å². The Morgan fingerprint density at radius 1 is 1.21 bits per heavy atom. The van der Waals surface area contributed by atoms with Crippen molar-refractivity contribution >= 4 is 39.9 Å². The average molecular weight is 359 g/mol. The number of hydrogen-bond acceptors (Lipinski definition) is 6. The molecule has 0 saturated heterocycles. The Labute approximate surface area is 145 Å². The van der Waals surface area contributed by atoms with Crippen molar-refractivity contribution < 1.29 is 18.7 Å². The minimum atomic E-state index is -1.23. The minimum absolute atomic E-state index is 0.224. The molecule has 3 aromatic heterocycles. The summed E-state index contributed by atoms with van der Waals surface area (Å²) in [5.41, 5.74) is 0.983. The molecule has 0 aliphatic heterocycles. The number of furan rings is 1. The smallest absolute Gasteiger partial charge is 0.263 e. The largest absolute Gasteiger partial charge is 0.550 e. The molecule has 4 rings (SSSR count). The highest BCUT2D eigenvalue weighted by molar-refractivity contribution is 7.19. The molecule has 24 heavy (non-hydrogen) atoms. The number of aromatic nitrogens is 1. The van der Waals surface area contributed by atoms with Crippen LogP contribution in [0.2, 0.25) is 4.34 Å². The van der Waals surface area contributed by atoms with Crippen molar-refractivity contribution in [3.8, 4) is 22.3 Å². The van der Waals surface area contributed by atoms with Gasteiger partial charge >= 0.3 is 0 Å². The van der Waals surface area contributed by atoms with E-state index in [0.29, 0.717) is 26.3 Å². The van der Waals surface area contributed by atoms with Crippen LogP contribution < -0.4 is 5.11 Å². The van der Waals surface area contributed by atoms with E-state index in [2.05, 4.69) is 4.98 Å². The first-order valence-electron chi connectivity index (χ1n) is 7.04. The zero-order chi connectivity index (χ0) is 16.7. The number of rotatable bonds is 4. The predicted molar refractivity (Wildman–Crippen MR) is 88.7 cm³/mol. The number of carboxylic acids is 1. The number of halogens is 1. The molecule has 0 unspecified atom stereocenters. The first-order valence-corrected chi connectivity index (χ1v) is 8.24. The monoisotopic (exact) mass is 358 g/mol. The number of benzene rings is 1. The van der Waals surface area contributed by atoms with Gasteiger partial charge < -0.3 is 18.7 Å². The molecule has 3 heterocycles. The summed E-state index contributed by atoms with van der Waals surface area (Å²) >= 11 is 7.24. The number of fused-ring (bicyclic) bond motifs is 1. The average Bonchev–Trinajstić information content (AvgIpc) is 3.23. The fraction of sp³-hybridized carbons (Fsp3) is 0.0588. The Morgan fingerprint density at radius 2 is 2.04 bits per heavy atom. The van der Waals surface area contributed by atoms with Crippen LogP contribution >= 0.6 is 22.9 Å². The second-order valence-corrected chi connectivity index (χ2v) is 6.81. The number of carbonyl (C=O) groups is 1. The fourth-order valence-corrected chi connectivity index (χ4v) is 3.48. The van der Waals surface area contributed by atoms with Crippen LogP contribution in [0.25, 0.3) is 33.3 Å². The molecule has 0 spiro atoms. The molecule has 0 amide bonds. The standard InChI is InChI=1S/C17H10ClNO4S/c18-14-6-5-13(24-14)16-10(8-15(20)21)19-17(23-16)12-7-9-3-1-2-4-11(9)22-12/h1-7H,8H2,(H,20,21)/p-1. The summed E-state index contributed by atoms with van der Waals surface area (Å²) in [5.74, 6) is -0.207. The first kappa shape index (κ1) is 15.0. The van der Waals surface area contributed by atoms with E-state index in [0.717, 1.165) is 5.39 Å². The highest BCUT2D eigenvalue weighted by atomic mass is 35.5. The molecule has 0 fully saturated rings. The van der Waals surface area contributed by atoms with Crippen molar-refractivity contribution in [1.29, 1.82) is 0 Å². The lowest BCUT2D eigenvalue weighted by Crippen LogP contribution is -2.24. The lowest BCUT2D eigenvalue weighted by atomic mass is 10.2. The Bertz CT molecular complexity index is 1010. The van der Waals surface area contributed by atoms with Crippen LogP contribution in [0.5, 0.6) is 0 Å². The fourth-order valence-electron chi connectivity index (χ4n) is 2.43. The molecule has 0 saturated carbocycles. The second-order valence-electron chi connectivity index (χ2n) is 5.10. The van der Waals surface area contributed by atoms with Gasteiger partial charge in [-0.2, -0.15) is 0 Å². The SMILES string of the molecule is O=C([O-])Cc1nc(-c2cc3ccccc3o2)oc1-c1ccc(Cl)s1. The summed E-state index contributed by atoms with van der Waals surface area (Å²) in [4.78, 5) is 16.0. The predicted octanol–water partition coefficient (Wildman–Crippen LogP) is 3.76. The molecular weight excluding hydrogens is 350 g/mol. The maximum Gasteiger partial charge on any atom is 0.263 e. The number of oxazole rings is 1. The van der Waals surface area contributed by atoms with E-state index in [4.69, 9.17) is 20.4 Å². The van der Waals surface area contributed by atoms with Crippen molar-refractivity contribution in [2.75, 3.05) is 0 Å². The third-order valence-corrected chi connectivity index (χ3v) is 4.67. The molecule has 0 aliphatic carbocycles. The van der Waals surface area contributed by atoms with Gasteiger partial charge in [0.1, 0.15) is 5.58 Å². The van der Waals surface area contributed by atoms with Crippen LogP contribution in [0.4, 0.5) is 0 Å². The number of carboxylic acid groups (broad SMARTS) is 1. The molecule has 0 aliphatic rings. The molecule has 4 aromatic rings. The lowest BCUT2D eigenvalue weighted by molar-refractivity contribution is -0.304. The van der Waals surface area contributed by atoms with Crippen molar-refractivity contribution in [2.24, 2.45) is 0 Å². The molecular formula is C17H9ClNO4S-. The number of hydrogen-bond donors (Lipinski definition) is 0. The molecule has 1 aromatic carbocycles. The van der Waals surface area contributed by atoms with Crippen LogP contribution in [0.1, 0.15) is 5.69 Å². The molecule has 0 radical (unpaired) electrons. The number of thiophene rings is 1. The third-order valence-electron chi connectivity index (χ3n) is 3.44. The minimum Gasteiger partial charge on any atom is -0.550 e. The van der Waals surface area contributed by atoms with Crippen LogP contribution in [0.3, 0.4) is 0 Å². The molecule has 120 valence electrons. The number of carbonyl (C=O) groups excluding carboxylic acids is 1. The van der Waals surface area contributed by atoms with E-state index < -0.39 is 5.97 Å². The van der Waals surface area contributed by atoms with Crippen molar-refractivity contribution in [3.63, 3.8) is 0 Å². The second kappa shape index (κ2) is 5.81. The summed E-state index contributed by atoms with van der Waals surface area (Å²) in [5, 5.41) is 11.9. The number of aliphatic carboxylic acids is 1. The quantitative estimate of drug-likeness (QED) is 0.555. The van der Waals surface area contributed by atoms with Gasteiger partial charge in [0.15, 0.2) is 11.5 Å². The van der Waals surface area contributed by atoms with Gasteiger partial charge in [0.25, 0.3) is 5.89 Å². The van der Waals surface area contributed by atoms with E-state index in [1.165, 1.54) is 11.3 Å². The van der Waals surface area contributed by atoms with E-state index in [1.54, 1.807) is 18.2 Å². The zero-order valence-corrected chi connectivity index (χ0v) is 13.7. The Hall–Kier alpha value is -2.57. The number of nitrogens with zero attached hydrogens (tertiary/aromatic N) is 1. The summed E-state index contributed by atoms with van der Waals surface area (Å²) in [6.07, 6.45) is -0.353. The summed E-state index contributed by atoms with van der Waals surface area (Å²) in [7, 11) is 0. The molecule has 0 atom stereocenters. The number of para-hydroxylation sites is 1. The van der Waals surface area contributed by atoms with Gasteiger partial charge in [-0.3, -0.25) is 0 Å². The van der Waals surface area contributed by atoms with Crippen molar-refractivity contribution in [2.45, 2.75) is 6.42 Å². The zero-order valence-electron chi connectivity index (χ0n) is 12.1. The van der Waals surface area contributed by atoms with Gasteiger partial charge in [-0.25, -0.2) is 4.98 Å². The van der Waals surface area contributed by atoms with Gasteiger partial charge in [0.05, 0.1) is 14.9 Å². The normalized spacial score (nSPS) is 11.2. The maximum atomic E-state index is 11.0. The lowest BCUT2D eigenvalue weighted by Gasteiger charge is -1.99. The van der Waals surface area contributed by atoms with E-state index in [-0.39, 0.29) is 18.0 Å². The van der Waals surface area contributed by atoms with E-state index in [1.807, 2.05) is 24.3 Å². The van der Waals surface area contributed by atoms with Gasteiger partial charge in [-0.1, -0.05) is 29.8 Å². The van der Waals surface area contributed by atoms with Crippen LogP contribution in [0.15, 0.2) is 51.3 Å². The van der Waals surface area contributed by atoms with Gasteiger partial charge in [-0.05, 0) is 24.3 Å². The molecule has 5 nitrogen and oxygen atoms in total. The Balaban J connectivity index is 1.84. The Morgan fingerprint density at radius 3 is 2.75 bits per heavy atom. The van der Waals surface area contributed by atoms with Gasteiger partial charge in [0.2, 0.25) is 0 Å². The van der Waals surface area contributed by atoms with Crippen LogP contribution in [-0.4, -0.2) is 11.0 Å². The summed E-state index contributed by atoms with van der Waals surface area (Å²) < 4.78 is 12.1. The van der Waals surface area contributed by atoms with Gasteiger partial charge in [-0.15, -0.1) is 11.3 Å². The third kappa shape index (κ3) is 2.70. The molecule has 0 bridgehead atoms. The summed E-state index contributed by atoms with van der Waals surface area (Å²) in [6, 6.07) is 12.8. The van der Waals surface area contributed by atoms with E-state index in [9.17, 15) is 9.90 Å². The van der Waals surface area contributed by atoms with Crippen LogP contribution in [0, 0.1) is 0 Å². The summed E-state index contributed by atoms with van der Waals surface area (Å²) in [6.45, 7) is 0.